The lowest BCUT2D eigenvalue weighted by molar-refractivity contribution is -0.135. The lowest BCUT2D eigenvalue weighted by atomic mass is 10.0. The third-order valence-electron chi connectivity index (χ3n) is 6.19. The number of carbonyl (C=O) groups excluding carboxylic acids is 1. The number of ether oxygens (including phenoxy) is 2. The summed E-state index contributed by atoms with van der Waals surface area (Å²) in [7, 11) is 3.22. The molecular weight excluding hydrogens is 456 g/mol. The molecule has 1 fully saturated rings. The van der Waals surface area contributed by atoms with Crippen molar-refractivity contribution in [1.82, 2.24) is 20.3 Å². The number of hydrogen-bond acceptors (Lipinski definition) is 7. The fraction of sp³-hybridized carbons (Fsp3) is 0.280. The van der Waals surface area contributed by atoms with E-state index < -0.39 is 0 Å². The summed E-state index contributed by atoms with van der Waals surface area (Å²) in [5.74, 6) is 2.53. The smallest absolute Gasteiger partial charge is 0.251 e. The average Bonchev–Trinajstić information content (AvgIpc) is 3.45. The molecule has 176 valence electrons. The topological polar surface area (TPSA) is 80.1 Å². The highest BCUT2D eigenvalue weighted by molar-refractivity contribution is 6.30. The van der Waals surface area contributed by atoms with Gasteiger partial charge in [-0.1, -0.05) is 17.7 Å². The van der Waals surface area contributed by atoms with Gasteiger partial charge in [0.25, 0.3) is 5.91 Å². The van der Waals surface area contributed by atoms with Crippen molar-refractivity contribution in [3.8, 4) is 23.0 Å². The van der Waals surface area contributed by atoms with Crippen LogP contribution in [0.4, 0.5) is 0 Å². The van der Waals surface area contributed by atoms with Crippen molar-refractivity contribution in [2.45, 2.75) is 32.0 Å². The number of carbonyl (C=O) groups is 1. The van der Waals surface area contributed by atoms with Gasteiger partial charge >= 0.3 is 0 Å². The summed E-state index contributed by atoms with van der Waals surface area (Å²) in [6, 6.07) is 12.8. The van der Waals surface area contributed by atoms with Crippen molar-refractivity contribution >= 4 is 17.5 Å². The summed E-state index contributed by atoms with van der Waals surface area (Å²) >= 11 is 5.98. The van der Waals surface area contributed by atoms with Crippen molar-refractivity contribution in [3.05, 3.63) is 76.9 Å². The maximum Gasteiger partial charge on any atom is 0.251 e. The molecule has 9 heteroatoms. The Balaban J connectivity index is 1.30. The first-order chi connectivity index (χ1) is 16.5. The molecule has 1 saturated heterocycles. The van der Waals surface area contributed by atoms with E-state index in [1.807, 2.05) is 48.5 Å². The van der Waals surface area contributed by atoms with E-state index in [-0.39, 0.29) is 18.0 Å². The largest absolute Gasteiger partial charge is 0.493 e. The number of amides is 1. The van der Waals surface area contributed by atoms with Crippen LogP contribution >= 0.6 is 11.6 Å². The van der Waals surface area contributed by atoms with Gasteiger partial charge in [0.15, 0.2) is 11.5 Å². The van der Waals surface area contributed by atoms with E-state index in [4.69, 9.17) is 25.5 Å². The molecule has 2 atom stereocenters. The number of nitrogens with zero attached hydrogens (tertiary/aromatic N) is 3. The highest BCUT2D eigenvalue weighted by Crippen LogP contribution is 2.36. The molecule has 2 aliphatic rings. The minimum Gasteiger partial charge on any atom is -0.493 e. The molecular formula is C25H25ClN4O4. The zero-order chi connectivity index (χ0) is 23.8. The maximum absolute atomic E-state index is 13.3. The normalized spacial score (nSPS) is 19.5. The zero-order valence-electron chi connectivity index (χ0n) is 19.1. The molecule has 0 bridgehead atoms. The Morgan fingerprint density at radius 2 is 1.88 bits per heavy atom. The minimum atomic E-state index is -0.314. The molecule has 1 N–H and O–H groups in total. The predicted molar refractivity (Wildman–Crippen MR) is 127 cm³/mol. The van der Waals surface area contributed by atoms with Crippen LogP contribution in [0.1, 0.15) is 29.5 Å². The number of nitrogens with one attached hydrogen (secondary N) is 1. The first-order valence-corrected chi connectivity index (χ1v) is 11.3. The molecule has 0 radical (unpaired) electrons. The van der Waals surface area contributed by atoms with Gasteiger partial charge in [-0.25, -0.2) is 10.4 Å². The maximum atomic E-state index is 13.3. The number of aryl methyl sites for hydroxylation is 1. The van der Waals surface area contributed by atoms with Gasteiger partial charge in [0.1, 0.15) is 17.5 Å². The number of hydrazine groups is 1. The van der Waals surface area contributed by atoms with Crippen LogP contribution in [0.5, 0.6) is 11.5 Å². The van der Waals surface area contributed by atoms with Crippen LogP contribution in [0.3, 0.4) is 0 Å². The van der Waals surface area contributed by atoms with E-state index in [0.29, 0.717) is 41.1 Å². The van der Waals surface area contributed by atoms with E-state index in [1.165, 1.54) is 0 Å². The second kappa shape index (κ2) is 9.04. The van der Waals surface area contributed by atoms with Crippen molar-refractivity contribution in [2.75, 3.05) is 14.2 Å². The highest BCUT2D eigenvalue weighted by Gasteiger charge is 2.40. The van der Waals surface area contributed by atoms with Gasteiger partial charge in [0.2, 0.25) is 5.89 Å². The zero-order valence-corrected chi connectivity index (χ0v) is 19.9. The molecule has 3 heterocycles. The van der Waals surface area contributed by atoms with Crippen molar-refractivity contribution in [3.63, 3.8) is 0 Å². The number of benzene rings is 2. The van der Waals surface area contributed by atoms with Crippen molar-refractivity contribution < 1.29 is 18.7 Å². The lowest BCUT2D eigenvalue weighted by Gasteiger charge is -2.31. The molecule has 2 unspecified atom stereocenters. The molecule has 2 aliphatic heterocycles. The van der Waals surface area contributed by atoms with Crippen LogP contribution in [0, 0.1) is 6.92 Å². The first-order valence-electron chi connectivity index (χ1n) is 10.9. The fourth-order valence-electron chi connectivity index (χ4n) is 4.31. The van der Waals surface area contributed by atoms with Gasteiger partial charge in [-0.15, -0.1) is 0 Å². The number of aromatic nitrogens is 1. The average molecular weight is 481 g/mol. The fourth-order valence-corrected chi connectivity index (χ4v) is 4.43. The van der Waals surface area contributed by atoms with Crippen LogP contribution in [0.2, 0.25) is 5.02 Å². The van der Waals surface area contributed by atoms with E-state index in [0.717, 1.165) is 16.8 Å². The standard InChI is InChI=1S/C25H25ClN4O4/c1-15-20(27-24(34-15)16-4-7-18(26)8-5-16)14-29-10-11-30-21(25(29)31)13-19(28-30)17-6-9-22(32-2)23(12-17)33-3/h4-12,19,21,28H,13-14H2,1-3H3. The number of oxazole rings is 1. The van der Waals surface area contributed by atoms with Crippen LogP contribution in [0.25, 0.3) is 11.5 Å². The molecule has 8 nitrogen and oxygen atoms in total. The summed E-state index contributed by atoms with van der Waals surface area (Å²) < 4.78 is 16.6. The number of halogens is 1. The summed E-state index contributed by atoms with van der Waals surface area (Å²) in [4.78, 5) is 19.6. The Morgan fingerprint density at radius 1 is 1.12 bits per heavy atom. The molecule has 5 rings (SSSR count). The van der Waals surface area contributed by atoms with Crippen LogP contribution in [-0.4, -0.2) is 41.1 Å². The SMILES string of the molecule is COc1ccc(C2CC3C(=O)N(Cc4nc(-c5ccc(Cl)cc5)oc4C)C=CN3N2)cc1OC. The second-order valence-electron chi connectivity index (χ2n) is 8.25. The van der Waals surface area contributed by atoms with Gasteiger partial charge in [0.05, 0.1) is 26.8 Å². The van der Waals surface area contributed by atoms with Crippen LogP contribution in [0.15, 0.2) is 59.3 Å². The Kier molecular flexibility index (Phi) is 5.93. The first kappa shape index (κ1) is 22.3. The quantitative estimate of drug-likeness (QED) is 0.558. The molecule has 0 saturated carbocycles. The Hall–Kier alpha value is -3.49. The third-order valence-corrected chi connectivity index (χ3v) is 6.44. The number of fused-ring (bicyclic) bond motifs is 1. The third kappa shape index (κ3) is 4.10. The van der Waals surface area contributed by atoms with Gasteiger partial charge in [-0.2, -0.15) is 0 Å². The van der Waals surface area contributed by atoms with Crippen LogP contribution in [-0.2, 0) is 11.3 Å². The molecule has 2 aromatic carbocycles. The molecule has 1 amide bonds. The molecule has 3 aromatic rings. The summed E-state index contributed by atoms with van der Waals surface area (Å²) in [6.07, 6.45) is 4.30. The van der Waals surface area contributed by atoms with E-state index in [2.05, 4.69) is 10.4 Å². The Morgan fingerprint density at radius 3 is 2.62 bits per heavy atom. The highest BCUT2D eigenvalue weighted by atomic mass is 35.5. The van der Waals surface area contributed by atoms with Gasteiger partial charge in [-0.05, 0) is 55.3 Å². The Bertz CT molecular complexity index is 1240. The summed E-state index contributed by atoms with van der Waals surface area (Å²) in [5.41, 5.74) is 6.00. The van der Waals surface area contributed by atoms with Crippen molar-refractivity contribution in [1.29, 1.82) is 0 Å². The molecule has 0 aliphatic carbocycles. The second-order valence-corrected chi connectivity index (χ2v) is 8.68. The van der Waals surface area contributed by atoms with E-state index >= 15 is 0 Å². The van der Waals surface area contributed by atoms with Gasteiger partial charge in [-0.3, -0.25) is 4.79 Å². The molecule has 34 heavy (non-hydrogen) atoms. The monoisotopic (exact) mass is 480 g/mol. The Labute approximate surface area is 202 Å². The van der Waals surface area contributed by atoms with Crippen molar-refractivity contribution in [2.24, 2.45) is 0 Å². The van der Waals surface area contributed by atoms with E-state index in [1.54, 1.807) is 37.5 Å². The number of rotatable bonds is 6. The summed E-state index contributed by atoms with van der Waals surface area (Å²) in [6.45, 7) is 2.19. The van der Waals surface area contributed by atoms with Gasteiger partial charge in [0, 0.05) is 23.0 Å². The minimum absolute atomic E-state index is 0.00780. The predicted octanol–water partition coefficient (Wildman–Crippen LogP) is 4.45. The molecule has 0 spiro atoms. The number of methoxy groups -OCH3 is 2. The number of hydrogen-bond donors (Lipinski definition) is 1. The van der Waals surface area contributed by atoms with Crippen LogP contribution < -0.4 is 14.9 Å². The lowest BCUT2D eigenvalue weighted by Crippen LogP contribution is -2.47. The molecule has 1 aromatic heterocycles. The summed E-state index contributed by atoms with van der Waals surface area (Å²) in [5, 5.41) is 2.52. The van der Waals surface area contributed by atoms with Gasteiger partial charge < -0.3 is 23.8 Å². The van der Waals surface area contributed by atoms with E-state index in [9.17, 15) is 4.79 Å².